The van der Waals surface area contributed by atoms with E-state index in [0.29, 0.717) is 35.7 Å². The molecule has 1 fully saturated rings. The SMILES string of the molecule is [C-]#[N+]c1ccc(-c2c(Cl)ncc3c2ncn3CC2CCN(C(=O)OC(C)(C)C)CC2)cc1F. The highest BCUT2D eigenvalue weighted by Crippen LogP contribution is 2.35. The molecule has 2 aromatic heterocycles. The van der Waals surface area contributed by atoms with Crippen LogP contribution in [0.5, 0.6) is 0 Å². The fourth-order valence-corrected chi connectivity index (χ4v) is 4.30. The number of imidazole rings is 1. The van der Waals surface area contributed by atoms with E-state index >= 15 is 0 Å². The maximum Gasteiger partial charge on any atom is 0.410 e. The van der Waals surface area contributed by atoms with Gasteiger partial charge in [-0.05, 0) is 51.2 Å². The first-order valence-corrected chi connectivity index (χ1v) is 11.2. The molecule has 1 aromatic carbocycles. The van der Waals surface area contributed by atoms with Crippen molar-refractivity contribution in [3.05, 3.63) is 53.1 Å². The van der Waals surface area contributed by atoms with Crippen molar-refractivity contribution in [3.63, 3.8) is 0 Å². The molecule has 1 aliphatic rings. The highest BCUT2D eigenvalue weighted by Gasteiger charge is 2.27. The summed E-state index contributed by atoms with van der Waals surface area (Å²) in [4.78, 5) is 26.1. The monoisotopic (exact) mass is 469 g/mol. The topological polar surface area (TPSA) is 64.6 Å². The van der Waals surface area contributed by atoms with Gasteiger partial charge in [-0.1, -0.05) is 23.7 Å². The Bertz CT molecular complexity index is 1240. The van der Waals surface area contributed by atoms with Crippen molar-refractivity contribution in [2.24, 2.45) is 5.92 Å². The molecular formula is C24H25ClFN5O2. The number of hydrogen-bond acceptors (Lipinski definition) is 4. The number of aromatic nitrogens is 3. The predicted octanol–water partition coefficient (Wildman–Crippen LogP) is 6.09. The van der Waals surface area contributed by atoms with Gasteiger partial charge >= 0.3 is 6.09 Å². The van der Waals surface area contributed by atoms with Crippen molar-refractivity contribution in [2.45, 2.75) is 45.8 Å². The fourth-order valence-electron chi connectivity index (χ4n) is 4.06. The minimum absolute atomic E-state index is 0.0433. The zero-order chi connectivity index (χ0) is 23.8. The van der Waals surface area contributed by atoms with E-state index in [1.807, 2.05) is 25.3 Å². The third-order valence-corrected chi connectivity index (χ3v) is 5.99. The fraction of sp³-hybridized carbons (Fsp3) is 0.417. The maximum absolute atomic E-state index is 14.2. The number of fused-ring (bicyclic) bond motifs is 1. The van der Waals surface area contributed by atoms with Crippen molar-refractivity contribution in [2.75, 3.05) is 13.1 Å². The first-order valence-electron chi connectivity index (χ1n) is 10.8. The number of nitrogens with zero attached hydrogens (tertiary/aromatic N) is 5. The summed E-state index contributed by atoms with van der Waals surface area (Å²) in [7, 11) is 0. The lowest BCUT2D eigenvalue weighted by Gasteiger charge is -2.33. The Labute approximate surface area is 197 Å². The number of amides is 1. The molecule has 4 rings (SSSR count). The Morgan fingerprint density at radius 1 is 1.30 bits per heavy atom. The number of carbonyl (C=O) groups is 1. The lowest BCUT2D eigenvalue weighted by Crippen LogP contribution is -2.42. The van der Waals surface area contributed by atoms with Crippen molar-refractivity contribution in [3.8, 4) is 11.1 Å². The first kappa shape index (κ1) is 23.0. The van der Waals surface area contributed by atoms with Crippen molar-refractivity contribution in [1.29, 1.82) is 0 Å². The van der Waals surface area contributed by atoms with Crippen LogP contribution in [0, 0.1) is 18.3 Å². The Balaban J connectivity index is 1.52. The van der Waals surface area contributed by atoms with Gasteiger partial charge in [0, 0.05) is 25.2 Å². The van der Waals surface area contributed by atoms with E-state index in [1.54, 1.807) is 23.5 Å². The van der Waals surface area contributed by atoms with Gasteiger partial charge in [-0.2, -0.15) is 0 Å². The number of likely N-dealkylation sites (tertiary alicyclic amines) is 1. The molecule has 0 bridgehead atoms. The van der Waals surface area contributed by atoms with E-state index in [1.165, 1.54) is 12.1 Å². The van der Waals surface area contributed by atoms with E-state index in [-0.39, 0.29) is 16.9 Å². The second-order valence-corrected chi connectivity index (χ2v) is 9.60. The molecule has 33 heavy (non-hydrogen) atoms. The summed E-state index contributed by atoms with van der Waals surface area (Å²) in [5, 5.41) is 0.230. The number of hydrogen-bond donors (Lipinski definition) is 0. The second kappa shape index (κ2) is 8.99. The number of ether oxygens (including phenoxy) is 1. The summed E-state index contributed by atoms with van der Waals surface area (Å²) >= 11 is 6.36. The van der Waals surface area contributed by atoms with E-state index in [0.717, 1.165) is 24.9 Å². The van der Waals surface area contributed by atoms with Crippen molar-refractivity contribution in [1.82, 2.24) is 19.4 Å². The first-order chi connectivity index (χ1) is 15.7. The van der Waals surface area contributed by atoms with Gasteiger partial charge in [-0.3, -0.25) is 0 Å². The van der Waals surface area contributed by atoms with E-state index < -0.39 is 11.4 Å². The molecule has 0 aliphatic carbocycles. The molecule has 172 valence electrons. The smallest absolute Gasteiger partial charge is 0.410 e. The van der Waals surface area contributed by atoms with Gasteiger partial charge in [0.1, 0.15) is 22.1 Å². The summed E-state index contributed by atoms with van der Waals surface area (Å²) in [6.07, 6.45) is 4.87. The summed E-state index contributed by atoms with van der Waals surface area (Å²) in [5.74, 6) is -0.234. The molecule has 3 heterocycles. The number of rotatable bonds is 3. The normalized spacial score (nSPS) is 15.0. The zero-order valence-corrected chi connectivity index (χ0v) is 19.6. The molecule has 0 saturated carbocycles. The molecule has 0 unspecified atom stereocenters. The molecule has 7 nitrogen and oxygen atoms in total. The molecular weight excluding hydrogens is 445 g/mol. The molecule has 0 N–H and O–H groups in total. The molecule has 0 spiro atoms. The van der Waals surface area contributed by atoms with Crippen LogP contribution >= 0.6 is 11.6 Å². The van der Waals surface area contributed by atoms with Gasteiger partial charge in [-0.15, -0.1) is 0 Å². The Hall–Kier alpha value is -3.18. The van der Waals surface area contributed by atoms with Crippen LogP contribution in [0.1, 0.15) is 33.6 Å². The standard InChI is InChI=1S/C24H25ClFN5O2/c1-24(2,3)33-23(32)30-9-7-15(8-10-30)13-31-14-29-21-19(31)12-28-22(25)20(21)16-5-6-18(27-4)17(26)11-16/h5-6,11-12,14-15H,7-10,13H2,1-3H3. The van der Waals surface area contributed by atoms with Crippen LogP contribution in [0.4, 0.5) is 14.9 Å². The lowest BCUT2D eigenvalue weighted by atomic mass is 9.97. The summed E-state index contributed by atoms with van der Waals surface area (Å²) < 4.78 is 21.7. The number of benzene rings is 1. The van der Waals surface area contributed by atoms with E-state index in [9.17, 15) is 9.18 Å². The van der Waals surface area contributed by atoms with Gasteiger partial charge in [0.15, 0.2) is 0 Å². The third kappa shape index (κ3) is 4.93. The maximum atomic E-state index is 14.2. The molecule has 3 aromatic rings. The van der Waals surface area contributed by atoms with Gasteiger partial charge in [-0.25, -0.2) is 24.0 Å². The third-order valence-electron chi connectivity index (χ3n) is 5.70. The lowest BCUT2D eigenvalue weighted by molar-refractivity contribution is 0.0178. The molecule has 1 saturated heterocycles. The highest BCUT2D eigenvalue weighted by atomic mass is 35.5. The Kier molecular flexibility index (Phi) is 6.26. The van der Waals surface area contributed by atoms with Gasteiger partial charge in [0.2, 0.25) is 5.69 Å². The largest absolute Gasteiger partial charge is 0.444 e. The predicted molar refractivity (Wildman–Crippen MR) is 125 cm³/mol. The minimum Gasteiger partial charge on any atom is -0.444 e. The van der Waals surface area contributed by atoms with Gasteiger partial charge < -0.3 is 14.2 Å². The van der Waals surface area contributed by atoms with Gasteiger partial charge in [0.25, 0.3) is 0 Å². The molecule has 1 aliphatic heterocycles. The Morgan fingerprint density at radius 2 is 2.03 bits per heavy atom. The summed E-state index contributed by atoms with van der Waals surface area (Å²) in [6, 6.07) is 4.38. The summed E-state index contributed by atoms with van der Waals surface area (Å²) in [5.41, 5.74) is 1.96. The van der Waals surface area contributed by atoms with Crippen molar-refractivity contribution >= 4 is 34.4 Å². The van der Waals surface area contributed by atoms with Crippen LogP contribution in [-0.2, 0) is 11.3 Å². The zero-order valence-electron chi connectivity index (χ0n) is 18.8. The molecule has 0 atom stereocenters. The number of pyridine rings is 1. The molecule has 0 radical (unpaired) electrons. The number of carbonyl (C=O) groups excluding carboxylic acids is 1. The van der Waals surface area contributed by atoms with E-state index in [2.05, 4.69) is 14.8 Å². The highest BCUT2D eigenvalue weighted by molar-refractivity contribution is 6.33. The van der Waals surface area contributed by atoms with Crippen LogP contribution in [0.2, 0.25) is 5.15 Å². The van der Waals surface area contributed by atoms with Crippen LogP contribution in [0.3, 0.4) is 0 Å². The van der Waals surface area contributed by atoms with Crippen molar-refractivity contribution < 1.29 is 13.9 Å². The minimum atomic E-state index is -0.605. The van der Waals surface area contributed by atoms with Crippen LogP contribution < -0.4 is 0 Å². The van der Waals surface area contributed by atoms with Crippen LogP contribution in [0.25, 0.3) is 27.0 Å². The number of piperidine rings is 1. The average Bonchev–Trinajstić information content (AvgIpc) is 3.15. The second-order valence-electron chi connectivity index (χ2n) is 9.24. The van der Waals surface area contributed by atoms with Gasteiger partial charge in [0.05, 0.1) is 24.6 Å². The molecule has 1 amide bonds. The van der Waals surface area contributed by atoms with Crippen LogP contribution in [-0.4, -0.2) is 44.2 Å². The quantitative estimate of drug-likeness (QED) is 0.344. The number of halogens is 2. The molecule has 9 heteroatoms. The Morgan fingerprint density at radius 3 is 2.67 bits per heavy atom. The average molecular weight is 470 g/mol. The summed E-state index contributed by atoms with van der Waals surface area (Å²) in [6.45, 7) is 14.7. The van der Waals surface area contributed by atoms with Crippen LogP contribution in [0.15, 0.2) is 30.7 Å². The van der Waals surface area contributed by atoms with E-state index in [4.69, 9.17) is 22.9 Å².